The van der Waals surface area contributed by atoms with Gasteiger partial charge >= 0.3 is 12.0 Å². The molecule has 25 heavy (non-hydrogen) atoms. The topological polar surface area (TPSA) is 76.7 Å². The Morgan fingerprint density at radius 1 is 1.28 bits per heavy atom. The van der Waals surface area contributed by atoms with E-state index in [4.69, 9.17) is 9.47 Å². The average Bonchev–Trinajstić information content (AvgIpc) is 2.59. The van der Waals surface area contributed by atoms with Crippen LogP contribution in [0.2, 0.25) is 0 Å². The Labute approximate surface area is 152 Å². The van der Waals surface area contributed by atoms with Gasteiger partial charge in [0.2, 0.25) is 0 Å². The SMILES string of the molecule is C=C1NC(=O)N[C@H](c2ccc(OCCC)cc2)[C@H]1C(=O)OCCSC. The molecule has 2 atom stereocenters. The number of rotatable bonds is 8. The predicted molar refractivity (Wildman–Crippen MR) is 98.6 cm³/mol. The van der Waals surface area contributed by atoms with Crippen molar-refractivity contribution in [2.75, 3.05) is 25.2 Å². The molecule has 1 aromatic carbocycles. The van der Waals surface area contributed by atoms with Crippen molar-refractivity contribution in [1.82, 2.24) is 10.6 Å². The van der Waals surface area contributed by atoms with Gasteiger partial charge in [0, 0.05) is 11.4 Å². The summed E-state index contributed by atoms with van der Waals surface area (Å²) in [5.74, 6) is 0.396. The number of carbonyl (C=O) groups excluding carboxylic acids is 2. The molecule has 6 nitrogen and oxygen atoms in total. The number of hydrogen-bond acceptors (Lipinski definition) is 5. The van der Waals surface area contributed by atoms with E-state index in [0.717, 1.165) is 23.5 Å². The summed E-state index contributed by atoms with van der Waals surface area (Å²) in [4.78, 5) is 24.3. The third-order valence-corrected chi connectivity index (χ3v) is 4.34. The fourth-order valence-corrected chi connectivity index (χ4v) is 2.80. The van der Waals surface area contributed by atoms with Gasteiger partial charge in [-0.3, -0.25) is 4.79 Å². The van der Waals surface area contributed by atoms with E-state index in [1.54, 1.807) is 11.8 Å². The predicted octanol–water partition coefficient (Wildman–Crippen LogP) is 2.87. The van der Waals surface area contributed by atoms with Crippen LogP contribution in [-0.4, -0.2) is 37.2 Å². The maximum atomic E-state index is 12.5. The van der Waals surface area contributed by atoms with E-state index in [1.165, 1.54) is 0 Å². The molecule has 1 fully saturated rings. The normalized spacial score (nSPS) is 19.8. The first-order valence-corrected chi connectivity index (χ1v) is 9.60. The average molecular weight is 364 g/mol. The van der Waals surface area contributed by atoms with Crippen molar-refractivity contribution in [2.24, 2.45) is 5.92 Å². The molecule has 1 aliphatic heterocycles. The van der Waals surface area contributed by atoms with Crippen LogP contribution >= 0.6 is 11.8 Å². The quantitative estimate of drug-likeness (QED) is 0.548. The summed E-state index contributed by atoms with van der Waals surface area (Å²) in [5.41, 5.74) is 1.14. The second kappa shape index (κ2) is 9.36. The number of ether oxygens (including phenoxy) is 2. The van der Waals surface area contributed by atoms with E-state index >= 15 is 0 Å². The fraction of sp³-hybridized carbons (Fsp3) is 0.444. The molecule has 1 aliphatic rings. The molecule has 2 rings (SSSR count). The zero-order valence-corrected chi connectivity index (χ0v) is 15.4. The number of carbonyl (C=O) groups is 2. The fourth-order valence-electron chi connectivity index (χ4n) is 2.55. The lowest BCUT2D eigenvalue weighted by molar-refractivity contribution is -0.147. The highest BCUT2D eigenvalue weighted by molar-refractivity contribution is 7.98. The molecule has 1 saturated heterocycles. The number of esters is 1. The van der Waals surface area contributed by atoms with Crippen molar-refractivity contribution in [3.05, 3.63) is 42.1 Å². The summed E-state index contributed by atoms with van der Waals surface area (Å²) in [6.07, 6.45) is 2.87. The molecule has 2 N–H and O–H groups in total. The summed E-state index contributed by atoms with van der Waals surface area (Å²) in [6, 6.07) is 6.45. The summed E-state index contributed by atoms with van der Waals surface area (Å²) < 4.78 is 10.9. The van der Waals surface area contributed by atoms with Crippen LogP contribution in [0.5, 0.6) is 5.75 Å². The highest BCUT2D eigenvalue weighted by atomic mass is 32.2. The van der Waals surface area contributed by atoms with Gasteiger partial charge in [0.1, 0.15) is 18.3 Å². The third-order valence-electron chi connectivity index (χ3n) is 3.77. The summed E-state index contributed by atoms with van der Waals surface area (Å²) in [7, 11) is 0. The monoisotopic (exact) mass is 364 g/mol. The Balaban J connectivity index is 2.16. The Morgan fingerprint density at radius 2 is 2.00 bits per heavy atom. The molecule has 2 amide bonds. The van der Waals surface area contributed by atoms with Crippen molar-refractivity contribution >= 4 is 23.8 Å². The Kier molecular flexibility index (Phi) is 7.18. The van der Waals surface area contributed by atoms with E-state index < -0.39 is 17.9 Å². The molecular formula is C18H24N2O4S. The van der Waals surface area contributed by atoms with Gasteiger partial charge in [0.15, 0.2) is 0 Å². The molecule has 1 heterocycles. The van der Waals surface area contributed by atoms with Crippen LogP contribution in [0.3, 0.4) is 0 Å². The molecule has 136 valence electrons. The van der Waals surface area contributed by atoms with Gasteiger partial charge < -0.3 is 20.1 Å². The largest absolute Gasteiger partial charge is 0.494 e. The highest BCUT2D eigenvalue weighted by Gasteiger charge is 2.38. The van der Waals surface area contributed by atoms with Crippen molar-refractivity contribution in [1.29, 1.82) is 0 Å². The maximum absolute atomic E-state index is 12.5. The van der Waals surface area contributed by atoms with Gasteiger partial charge in [-0.25, -0.2) is 4.79 Å². The van der Waals surface area contributed by atoms with Gasteiger partial charge in [0.05, 0.1) is 12.6 Å². The highest BCUT2D eigenvalue weighted by Crippen LogP contribution is 2.31. The number of benzene rings is 1. The molecule has 0 saturated carbocycles. The molecule has 0 radical (unpaired) electrons. The second-order valence-corrected chi connectivity index (χ2v) is 6.64. The van der Waals surface area contributed by atoms with Crippen LogP contribution in [0.25, 0.3) is 0 Å². The Morgan fingerprint density at radius 3 is 2.64 bits per heavy atom. The van der Waals surface area contributed by atoms with Crippen molar-refractivity contribution in [2.45, 2.75) is 19.4 Å². The molecule has 7 heteroatoms. The van der Waals surface area contributed by atoms with Crippen molar-refractivity contribution < 1.29 is 19.1 Å². The van der Waals surface area contributed by atoms with Crippen LogP contribution in [0.1, 0.15) is 24.9 Å². The van der Waals surface area contributed by atoms with Crippen LogP contribution in [0.4, 0.5) is 4.79 Å². The van der Waals surface area contributed by atoms with Gasteiger partial charge in [-0.05, 0) is 30.4 Å². The van der Waals surface area contributed by atoms with E-state index in [-0.39, 0.29) is 6.03 Å². The second-order valence-electron chi connectivity index (χ2n) is 5.66. The van der Waals surface area contributed by atoms with Crippen LogP contribution < -0.4 is 15.4 Å². The number of thioether (sulfide) groups is 1. The van der Waals surface area contributed by atoms with Gasteiger partial charge in [-0.2, -0.15) is 11.8 Å². The minimum absolute atomic E-state index is 0.328. The standard InChI is InChI=1S/C18H24N2O4S/c1-4-9-23-14-7-5-13(6-8-14)16-15(12(2)19-18(22)20-16)17(21)24-10-11-25-3/h5-8,15-16H,2,4,9-11H2,1,3H3,(H2,19,20,22)/t15-,16+/m0/s1. The zero-order chi connectivity index (χ0) is 18.2. The molecular weight excluding hydrogens is 340 g/mol. The Hall–Kier alpha value is -2.15. The molecule has 0 aliphatic carbocycles. The van der Waals surface area contributed by atoms with Crippen LogP contribution in [0, 0.1) is 5.92 Å². The molecule has 0 unspecified atom stereocenters. The van der Waals surface area contributed by atoms with Gasteiger partial charge in [0.25, 0.3) is 0 Å². The summed E-state index contributed by atoms with van der Waals surface area (Å²) >= 11 is 1.60. The lowest BCUT2D eigenvalue weighted by Crippen LogP contribution is -2.51. The third kappa shape index (κ3) is 5.16. The number of amides is 2. The first kappa shape index (κ1) is 19.2. The Bertz CT molecular complexity index is 618. The number of urea groups is 1. The first-order valence-electron chi connectivity index (χ1n) is 8.21. The number of hydrogen-bond donors (Lipinski definition) is 2. The van der Waals surface area contributed by atoms with E-state index in [1.807, 2.05) is 37.4 Å². The van der Waals surface area contributed by atoms with Gasteiger partial charge in [-0.1, -0.05) is 25.6 Å². The molecule has 0 aromatic heterocycles. The van der Waals surface area contributed by atoms with Crippen LogP contribution in [-0.2, 0) is 9.53 Å². The van der Waals surface area contributed by atoms with E-state index in [0.29, 0.717) is 18.9 Å². The minimum Gasteiger partial charge on any atom is -0.494 e. The van der Waals surface area contributed by atoms with Crippen molar-refractivity contribution in [3.63, 3.8) is 0 Å². The van der Waals surface area contributed by atoms with E-state index in [9.17, 15) is 9.59 Å². The van der Waals surface area contributed by atoms with Crippen LogP contribution in [0.15, 0.2) is 36.5 Å². The molecule has 1 aromatic rings. The minimum atomic E-state index is -0.679. The molecule has 0 bridgehead atoms. The number of nitrogens with one attached hydrogen (secondary N) is 2. The first-order chi connectivity index (χ1) is 12.1. The lowest BCUT2D eigenvalue weighted by atomic mass is 9.89. The molecule has 0 spiro atoms. The summed E-state index contributed by atoms with van der Waals surface area (Å²) in [6.45, 7) is 6.84. The zero-order valence-electron chi connectivity index (χ0n) is 14.5. The van der Waals surface area contributed by atoms with E-state index in [2.05, 4.69) is 17.2 Å². The summed E-state index contributed by atoms with van der Waals surface area (Å²) in [5, 5.41) is 5.35. The smallest absolute Gasteiger partial charge is 0.319 e. The van der Waals surface area contributed by atoms with Gasteiger partial charge in [-0.15, -0.1) is 0 Å². The maximum Gasteiger partial charge on any atom is 0.319 e. The lowest BCUT2D eigenvalue weighted by Gasteiger charge is -2.33. The van der Waals surface area contributed by atoms with Crippen molar-refractivity contribution in [3.8, 4) is 5.75 Å².